The lowest BCUT2D eigenvalue weighted by molar-refractivity contribution is 0.0956. The number of allylic oxidation sites excluding steroid dienone is 1. The van der Waals surface area contributed by atoms with Crippen LogP contribution in [0.25, 0.3) is 11.3 Å². The number of nitrogens with zero attached hydrogens (tertiary/aromatic N) is 2. The van der Waals surface area contributed by atoms with Crippen molar-refractivity contribution >= 4 is 5.91 Å². The molecule has 0 saturated heterocycles. The molecule has 1 amide bonds. The number of hydrogen-bond donors (Lipinski definition) is 1. The normalized spacial score (nSPS) is 13.7. The smallest absolute Gasteiger partial charge is 0.320 e. The highest BCUT2D eigenvalue weighted by molar-refractivity contribution is 5.94. The van der Waals surface area contributed by atoms with Crippen molar-refractivity contribution in [2.24, 2.45) is 0 Å². The van der Waals surface area contributed by atoms with E-state index in [1.807, 2.05) is 12.1 Å². The van der Waals surface area contributed by atoms with Crippen LogP contribution in [0.3, 0.4) is 0 Å². The van der Waals surface area contributed by atoms with Crippen molar-refractivity contribution < 1.29 is 14.3 Å². The van der Waals surface area contributed by atoms with Gasteiger partial charge in [-0.15, -0.1) is 0 Å². The van der Waals surface area contributed by atoms with Crippen LogP contribution in [-0.2, 0) is 0 Å². The molecule has 1 aromatic carbocycles. The Morgan fingerprint density at radius 1 is 1.12 bits per heavy atom. The molecule has 1 heterocycles. The summed E-state index contributed by atoms with van der Waals surface area (Å²) >= 11 is 0. The molecule has 2 aromatic rings. The quantitative estimate of drug-likeness (QED) is 0.806. The van der Waals surface area contributed by atoms with Gasteiger partial charge in [0, 0.05) is 23.7 Å². The Balaban J connectivity index is 1.70. The Bertz CT molecular complexity index is 778. The Morgan fingerprint density at radius 2 is 1.92 bits per heavy atom. The lowest BCUT2D eigenvalue weighted by Gasteiger charge is -2.13. The summed E-state index contributed by atoms with van der Waals surface area (Å²) in [4.78, 5) is 20.7. The molecular formula is C20H23N3O3. The van der Waals surface area contributed by atoms with Gasteiger partial charge in [0.1, 0.15) is 0 Å². The van der Waals surface area contributed by atoms with Gasteiger partial charge >= 0.3 is 6.01 Å². The minimum Gasteiger partial charge on any atom is -0.481 e. The fourth-order valence-corrected chi connectivity index (χ4v) is 2.90. The highest BCUT2D eigenvalue weighted by atomic mass is 16.5. The van der Waals surface area contributed by atoms with Gasteiger partial charge in [0.15, 0.2) is 0 Å². The van der Waals surface area contributed by atoms with Crippen LogP contribution in [0.4, 0.5) is 0 Å². The van der Waals surface area contributed by atoms with E-state index in [9.17, 15) is 4.79 Å². The SMILES string of the molecule is COc1cc(-c2ccc(C(=O)NCC3=CCCCC3)cc2)nc(OC)n1. The summed E-state index contributed by atoms with van der Waals surface area (Å²) in [5.41, 5.74) is 3.48. The average Bonchev–Trinajstić information content (AvgIpc) is 2.72. The van der Waals surface area contributed by atoms with Gasteiger partial charge in [-0.2, -0.15) is 9.97 Å². The van der Waals surface area contributed by atoms with Crippen LogP contribution in [0.1, 0.15) is 36.0 Å². The largest absolute Gasteiger partial charge is 0.481 e. The molecule has 1 aliphatic carbocycles. The minimum atomic E-state index is -0.0686. The van der Waals surface area contributed by atoms with Gasteiger partial charge in [0.2, 0.25) is 5.88 Å². The number of benzene rings is 1. The molecule has 3 rings (SSSR count). The number of methoxy groups -OCH3 is 2. The lowest BCUT2D eigenvalue weighted by atomic mass is 9.99. The van der Waals surface area contributed by atoms with Gasteiger partial charge in [-0.05, 0) is 37.8 Å². The topological polar surface area (TPSA) is 73.3 Å². The Morgan fingerprint density at radius 3 is 2.58 bits per heavy atom. The Kier molecular flexibility index (Phi) is 5.84. The molecule has 1 aliphatic rings. The van der Waals surface area contributed by atoms with Crippen molar-refractivity contribution in [3.05, 3.63) is 47.5 Å². The van der Waals surface area contributed by atoms with E-state index in [4.69, 9.17) is 9.47 Å². The third-order valence-electron chi connectivity index (χ3n) is 4.38. The fourth-order valence-electron chi connectivity index (χ4n) is 2.90. The summed E-state index contributed by atoms with van der Waals surface area (Å²) < 4.78 is 10.3. The van der Waals surface area contributed by atoms with Crippen LogP contribution in [0.15, 0.2) is 42.0 Å². The van der Waals surface area contributed by atoms with E-state index in [2.05, 4.69) is 21.4 Å². The maximum Gasteiger partial charge on any atom is 0.320 e. The molecule has 0 saturated carbocycles. The predicted octanol–water partition coefficient (Wildman–Crippen LogP) is 3.39. The van der Waals surface area contributed by atoms with Gasteiger partial charge < -0.3 is 14.8 Å². The molecule has 0 fully saturated rings. The molecule has 6 heteroatoms. The second-order valence-electron chi connectivity index (χ2n) is 6.15. The molecular weight excluding hydrogens is 330 g/mol. The number of carbonyl (C=O) groups excluding carboxylic acids is 1. The van der Waals surface area contributed by atoms with Crippen LogP contribution >= 0.6 is 0 Å². The molecule has 6 nitrogen and oxygen atoms in total. The lowest BCUT2D eigenvalue weighted by Crippen LogP contribution is -2.26. The van der Waals surface area contributed by atoms with Crippen LogP contribution in [-0.4, -0.2) is 36.6 Å². The van der Waals surface area contributed by atoms with Crippen molar-refractivity contribution in [1.29, 1.82) is 0 Å². The molecule has 0 bridgehead atoms. The molecule has 0 unspecified atom stereocenters. The van der Waals surface area contributed by atoms with Crippen molar-refractivity contribution in [2.75, 3.05) is 20.8 Å². The first kappa shape index (κ1) is 17.9. The van der Waals surface area contributed by atoms with Crippen LogP contribution in [0.5, 0.6) is 11.9 Å². The summed E-state index contributed by atoms with van der Waals surface area (Å²) in [6.45, 7) is 0.626. The number of rotatable bonds is 6. The maximum atomic E-state index is 12.3. The van der Waals surface area contributed by atoms with Crippen molar-refractivity contribution in [3.8, 4) is 23.1 Å². The van der Waals surface area contributed by atoms with E-state index in [0.717, 1.165) is 18.4 Å². The standard InChI is InChI=1S/C20H23N3O3/c1-25-18-12-17(22-20(23-18)26-2)15-8-10-16(11-9-15)19(24)21-13-14-6-4-3-5-7-14/h6,8-12H,3-5,7,13H2,1-2H3,(H,21,24). The minimum absolute atomic E-state index is 0.0686. The first-order valence-corrected chi connectivity index (χ1v) is 8.73. The number of ether oxygens (including phenoxy) is 2. The average molecular weight is 353 g/mol. The van der Waals surface area contributed by atoms with E-state index in [-0.39, 0.29) is 11.9 Å². The first-order chi connectivity index (χ1) is 12.7. The van der Waals surface area contributed by atoms with Gasteiger partial charge in [-0.25, -0.2) is 0 Å². The van der Waals surface area contributed by atoms with Crippen LogP contribution in [0, 0.1) is 0 Å². The molecule has 1 aromatic heterocycles. The number of hydrogen-bond acceptors (Lipinski definition) is 5. The third-order valence-corrected chi connectivity index (χ3v) is 4.38. The molecule has 0 aliphatic heterocycles. The van der Waals surface area contributed by atoms with E-state index in [1.54, 1.807) is 25.3 Å². The second kappa shape index (κ2) is 8.47. The Labute approximate surface area is 153 Å². The monoisotopic (exact) mass is 353 g/mol. The molecule has 26 heavy (non-hydrogen) atoms. The van der Waals surface area contributed by atoms with E-state index in [0.29, 0.717) is 23.7 Å². The van der Waals surface area contributed by atoms with E-state index in [1.165, 1.54) is 25.5 Å². The molecule has 1 N–H and O–H groups in total. The van der Waals surface area contributed by atoms with Gasteiger partial charge in [0.05, 0.1) is 19.9 Å². The fraction of sp³-hybridized carbons (Fsp3) is 0.350. The molecule has 0 atom stereocenters. The zero-order valence-electron chi connectivity index (χ0n) is 15.1. The predicted molar refractivity (Wildman–Crippen MR) is 99.5 cm³/mol. The van der Waals surface area contributed by atoms with Gasteiger partial charge in [-0.1, -0.05) is 23.8 Å². The number of carbonyl (C=O) groups is 1. The molecule has 0 spiro atoms. The van der Waals surface area contributed by atoms with E-state index >= 15 is 0 Å². The highest BCUT2D eigenvalue weighted by Gasteiger charge is 2.11. The number of nitrogens with one attached hydrogen (secondary N) is 1. The molecule has 136 valence electrons. The number of aromatic nitrogens is 2. The van der Waals surface area contributed by atoms with Crippen molar-refractivity contribution in [2.45, 2.75) is 25.7 Å². The number of amides is 1. The summed E-state index contributed by atoms with van der Waals surface area (Å²) in [7, 11) is 3.05. The zero-order chi connectivity index (χ0) is 18.4. The van der Waals surface area contributed by atoms with Crippen molar-refractivity contribution in [1.82, 2.24) is 15.3 Å². The van der Waals surface area contributed by atoms with Crippen LogP contribution < -0.4 is 14.8 Å². The first-order valence-electron chi connectivity index (χ1n) is 8.73. The van der Waals surface area contributed by atoms with Gasteiger partial charge in [0.25, 0.3) is 5.91 Å². The van der Waals surface area contributed by atoms with Crippen LogP contribution in [0.2, 0.25) is 0 Å². The second-order valence-corrected chi connectivity index (χ2v) is 6.15. The maximum absolute atomic E-state index is 12.3. The van der Waals surface area contributed by atoms with Crippen molar-refractivity contribution in [3.63, 3.8) is 0 Å². The summed E-state index contributed by atoms with van der Waals surface area (Å²) in [6, 6.07) is 9.27. The zero-order valence-corrected chi connectivity index (χ0v) is 15.1. The summed E-state index contributed by atoms with van der Waals surface area (Å²) in [6.07, 6.45) is 6.89. The summed E-state index contributed by atoms with van der Waals surface area (Å²) in [5.74, 6) is 0.357. The summed E-state index contributed by atoms with van der Waals surface area (Å²) in [5, 5.41) is 2.99. The third kappa shape index (κ3) is 4.39. The molecule has 0 radical (unpaired) electrons. The van der Waals surface area contributed by atoms with Gasteiger partial charge in [-0.3, -0.25) is 4.79 Å². The van der Waals surface area contributed by atoms with E-state index < -0.39 is 0 Å². The Hall–Kier alpha value is -2.89. The highest BCUT2D eigenvalue weighted by Crippen LogP contribution is 2.23.